The molecule has 2 rings (SSSR count). The maximum absolute atomic E-state index is 5.87. The van der Waals surface area contributed by atoms with Gasteiger partial charge in [-0.2, -0.15) is 4.98 Å². The maximum Gasteiger partial charge on any atom is 0.243 e. The first-order chi connectivity index (χ1) is 8.52. The molecule has 0 aliphatic heterocycles. The Kier molecular flexibility index (Phi) is 3.52. The van der Waals surface area contributed by atoms with E-state index in [4.69, 9.17) is 5.73 Å². The molecule has 0 saturated carbocycles. The molecule has 5 heteroatoms. The molecule has 18 heavy (non-hydrogen) atoms. The standard InChI is InChI=1S/C13H21N5/c1-10(2)8-13(3,9-14)16-12-15-11-6-4-5-7-18(11)17-12/h4-7,10H,8-9,14H2,1-3H3,(H,16,17). The Bertz CT molecular complexity index is 486. The zero-order chi connectivity index (χ0) is 13.2. The molecule has 0 fully saturated rings. The van der Waals surface area contributed by atoms with Gasteiger partial charge in [-0.05, 0) is 31.4 Å². The van der Waals surface area contributed by atoms with Gasteiger partial charge in [-0.25, -0.2) is 4.52 Å². The minimum atomic E-state index is -0.168. The molecule has 5 nitrogen and oxygen atoms in total. The average Bonchev–Trinajstić information content (AvgIpc) is 2.69. The van der Waals surface area contributed by atoms with Crippen LogP contribution in [0, 0.1) is 5.92 Å². The second-order valence-corrected chi connectivity index (χ2v) is 5.43. The molecule has 1 unspecified atom stereocenters. The summed E-state index contributed by atoms with van der Waals surface area (Å²) in [5.41, 5.74) is 6.54. The van der Waals surface area contributed by atoms with Gasteiger partial charge in [-0.15, -0.1) is 5.10 Å². The average molecular weight is 247 g/mol. The SMILES string of the molecule is CC(C)CC(C)(CN)Nc1nc2ccccn2n1. The second kappa shape index (κ2) is 4.94. The van der Waals surface area contributed by atoms with E-state index in [2.05, 4.69) is 36.2 Å². The van der Waals surface area contributed by atoms with E-state index in [1.807, 2.05) is 24.4 Å². The summed E-state index contributed by atoms with van der Waals surface area (Å²) in [6.45, 7) is 7.04. The maximum atomic E-state index is 5.87. The first-order valence-electron chi connectivity index (χ1n) is 6.32. The Morgan fingerprint density at radius 2 is 2.22 bits per heavy atom. The van der Waals surface area contributed by atoms with Crippen molar-refractivity contribution in [2.75, 3.05) is 11.9 Å². The Labute approximate surface area is 107 Å². The van der Waals surface area contributed by atoms with Crippen molar-refractivity contribution in [3.63, 3.8) is 0 Å². The highest BCUT2D eigenvalue weighted by atomic mass is 15.4. The fraction of sp³-hybridized carbons (Fsp3) is 0.538. The Morgan fingerprint density at radius 1 is 1.44 bits per heavy atom. The lowest BCUT2D eigenvalue weighted by Crippen LogP contribution is -2.44. The molecular weight excluding hydrogens is 226 g/mol. The molecular formula is C13H21N5. The fourth-order valence-electron chi connectivity index (χ4n) is 2.24. The number of anilines is 1. The van der Waals surface area contributed by atoms with Crippen LogP contribution < -0.4 is 11.1 Å². The van der Waals surface area contributed by atoms with Gasteiger partial charge >= 0.3 is 0 Å². The van der Waals surface area contributed by atoms with E-state index in [1.165, 1.54) is 0 Å². The van der Waals surface area contributed by atoms with Gasteiger partial charge in [-0.1, -0.05) is 19.9 Å². The van der Waals surface area contributed by atoms with Crippen LogP contribution in [-0.4, -0.2) is 26.7 Å². The first-order valence-corrected chi connectivity index (χ1v) is 6.32. The first kappa shape index (κ1) is 12.8. The van der Waals surface area contributed by atoms with E-state index >= 15 is 0 Å². The van der Waals surface area contributed by atoms with Crippen molar-refractivity contribution in [1.82, 2.24) is 14.6 Å². The van der Waals surface area contributed by atoms with Crippen molar-refractivity contribution in [3.8, 4) is 0 Å². The Morgan fingerprint density at radius 3 is 2.83 bits per heavy atom. The number of aromatic nitrogens is 3. The summed E-state index contributed by atoms with van der Waals surface area (Å²) in [6.07, 6.45) is 2.87. The topological polar surface area (TPSA) is 68.2 Å². The quantitative estimate of drug-likeness (QED) is 0.846. The number of fused-ring (bicyclic) bond motifs is 1. The lowest BCUT2D eigenvalue weighted by atomic mass is 9.91. The molecule has 98 valence electrons. The third-order valence-corrected chi connectivity index (χ3v) is 2.96. The fourth-order valence-corrected chi connectivity index (χ4v) is 2.24. The number of nitrogens with zero attached hydrogens (tertiary/aromatic N) is 3. The van der Waals surface area contributed by atoms with Gasteiger partial charge in [0.05, 0.1) is 0 Å². The molecule has 0 radical (unpaired) electrons. The molecule has 0 amide bonds. The number of nitrogens with one attached hydrogen (secondary N) is 1. The van der Waals surface area contributed by atoms with Gasteiger partial charge in [-0.3, -0.25) is 0 Å². The van der Waals surface area contributed by atoms with Crippen LogP contribution in [0.25, 0.3) is 5.65 Å². The summed E-state index contributed by atoms with van der Waals surface area (Å²) in [7, 11) is 0. The monoisotopic (exact) mass is 247 g/mol. The minimum Gasteiger partial charge on any atom is -0.346 e. The van der Waals surface area contributed by atoms with Crippen molar-refractivity contribution in [1.29, 1.82) is 0 Å². The molecule has 0 saturated heterocycles. The van der Waals surface area contributed by atoms with Crippen molar-refractivity contribution in [3.05, 3.63) is 24.4 Å². The van der Waals surface area contributed by atoms with Gasteiger partial charge in [0.15, 0.2) is 5.65 Å². The largest absolute Gasteiger partial charge is 0.346 e. The Balaban J connectivity index is 2.21. The summed E-state index contributed by atoms with van der Waals surface area (Å²) < 4.78 is 1.76. The second-order valence-electron chi connectivity index (χ2n) is 5.43. The molecule has 2 heterocycles. The van der Waals surface area contributed by atoms with Crippen molar-refractivity contribution in [2.45, 2.75) is 32.7 Å². The zero-order valence-corrected chi connectivity index (χ0v) is 11.2. The third kappa shape index (κ3) is 2.79. The van der Waals surface area contributed by atoms with Crippen LogP contribution in [0.3, 0.4) is 0 Å². The van der Waals surface area contributed by atoms with Crippen molar-refractivity contribution >= 4 is 11.6 Å². The third-order valence-electron chi connectivity index (χ3n) is 2.96. The van der Waals surface area contributed by atoms with E-state index in [9.17, 15) is 0 Å². The summed E-state index contributed by atoms with van der Waals surface area (Å²) >= 11 is 0. The normalized spacial score (nSPS) is 14.9. The number of rotatable bonds is 5. The van der Waals surface area contributed by atoms with E-state index in [1.54, 1.807) is 4.52 Å². The van der Waals surface area contributed by atoms with Crippen LogP contribution in [-0.2, 0) is 0 Å². The van der Waals surface area contributed by atoms with Crippen LogP contribution in [0.5, 0.6) is 0 Å². The molecule has 1 atom stereocenters. The van der Waals surface area contributed by atoms with Gasteiger partial charge in [0.2, 0.25) is 5.95 Å². The number of pyridine rings is 1. The van der Waals surface area contributed by atoms with Crippen molar-refractivity contribution < 1.29 is 0 Å². The van der Waals surface area contributed by atoms with E-state index in [0.29, 0.717) is 18.4 Å². The van der Waals surface area contributed by atoms with Crippen LogP contribution in [0.15, 0.2) is 24.4 Å². The number of hydrogen-bond donors (Lipinski definition) is 2. The molecule has 2 aromatic heterocycles. The summed E-state index contributed by atoms with van der Waals surface area (Å²) in [5.74, 6) is 1.21. The summed E-state index contributed by atoms with van der Waals surface area (Å²) in [6, 6.07) is 5.81. The highest BCUT2D eigenvalue weighted by molar-refractivity contribution is 5.43. The highest BCUT2D eigenvalue weighted by Gasteiger charge is 2.25. The smallest absolute Gasteiger partial charge is 0.243 e. The van der Waals surface area contributed by atoms with Crippen LogP contribution >= 0.6 is 0 Å². The molecule has 3 N–H and O–H groups in total. The Hall–Kier alpha value is -1.62. The van der Waals surface area contributed by atoms with Crippen LogP contribution in [0.1, 0.15) is 27.2 Å². The lowest BCUT2D eigenvalue weighted by Gasteiger charge is -2.30. The highest BCUT2D eigenvalue weighted by Crippen LogP contribution is 2.20. The molecule has 0 aliphatic carbocycles. The molecule has 0 aromatic carbocycles. The predicted molar refractivity (Wildman–Crippen MR) is 73.5 cm³/mol. The zero-order valence-electron chi connectivity index (χ0n) is 11.2. The molecule has 2 aromatic rings. The van der Waals surface area contributed by atoms with Gasteiger partial charge in [0.25, 0.3) is 0 Å². The predicted octanol–water partition coefficient (Wildman–Crippen LogP) is 1.90. The summed E-state index contributed by atoms with van der Waals surface area (Å²) in [5, 5.41) is 7.75. The molecule has 0 bridgehead atoms. The van der Waals surface area contributed by atoms with E-state index in [-0.39, 0.29) is 5.54 Å². The molecule has 0 aliphatic rings. The van der Waals surface area contributed by atoms with Gasteiger partial charge in [0, 0.05) is 18.3 Å². The van der Waals surface area contributed by atoms with Crippen LogP contribution in [0.4, 0.5) is 5.95 Å². The van der Waals surface area contributed by atoms with Crippen LogP contribution in [0.2, 0.25) is 0 Å². The van der Waals surface area contributed by atoms with Crippen molar-refractivity contribution in [2.24, 2.45) is 11.7 Å². The number of nitrogens with two attached hydrogens (primary N) is 1. The molecule has 0 spiro atoms. The van der Waals surface area contributed by atoms with E-state index < -0.39 is 0 Å². The lowest BCUT2D eigenvalue weighted by molar-refractivity contribution is 0.405. The summed E-state index contributed by atoms with van der Waals surface area (Å²) in [4.78, 5) is 4.44. The van der Waals surface area contributed by atoms with Gasteiger partial charge < -0.3 is 11.1 Å². The van der Waals surface area contributed by atoms with E-state index in [0.717, 1.165) is 12.1 Å². The van der Waals surface area contributed by atoms with Gasteiger partial charge in [0.1, 0.15) is 0 Å². The number of hydrogen-bond acceptors (Lipinski definition) is 4. The minimum absolute atomic E-state index is 0.168.